The van der Waals surface area contributed by atoms with Gasteiger partial charge in [-0.05, 0) is 40.3 Å². The van der Waals surface area contributed by atoms with E-state index in [-0.39, 0.29) is 6.16 Å². The predicted molar refractivity (Wildman–Crippen MR) is 200 cm³/mol. The third-order valence-electron chi connectivity index (χ3n) is 8.98. The lowest BCUT2D eigenvalue weighted by molar-refractivity contribution is -0.697. The molecule has 6 rings (SSSR count). The molecule has 0 fully saturated rings. The maximum absolute atomic E-state index is 11.4. The molecule has 3 aromatic heterocycles. The summed E-state index contributed by atoms with van der Waals surface area (Å²) in [6, 6.07) is 35.3. The van der Waals surface area contributed by atoms with E-state index in [1.807, 2.05) is 30.3 Å². The van der Waals surface area contributed by atoms with Crippen LogP contribution >= 0.6 is 7.60 Å². The first kappa shape index (κ1) is 35.0. The van der Waals surface area contributed by atoms with Crippen molar-refractivity contribution >= 4 is 7.60 Å². The standard InChI is InChI=1S/C42H43N4O3P/c1-3-5-24-45-26-19-35(20-27-45)33-11-15-37(16-12-33)40-31-41(44-42(43-40)39-9-7-32(8-10-39)23-30-50(47,48)49)38-17-13-34(14-18-38)36-21-28-46(29-22-36)25-6-4-2/h7-22,26-29,31H,3-6,23-25,30H2,1-2H3/p+2. The van der Waals surface area contributed by atoms with E-state index in [9.17, 15) is 14.4 Å². The fourth-order valence-electron chi connectivity index (χ4n) is 5.91. The van der Waals surface area contributed by atoms with Gasteiger partial charge in [0, 0.05) is 53.8 Å². The number of rotatable bonds is 14. The first-order chi connectivity index (χ1) is 24.3. The Kier molecular flexibility index (Phi) is 11.4. The Morgan fingerprint density at radius 2 is 0.920 bits per heavy atom. The van der Waals surface area contributed by atoms with Gasteiger partial charge < -0.3 is 9.79 Å². The lowest BCUT2D eigenvalue weighted by atomic mass is 10.0. The Hall–Kier alpha value is -4.81. The summed E-state index contributed by atoms with van der Waals surface area (Å²) in [4.78, 5) is 28.7. The highest BCUT2D eigenvalue weighted by Gasteiger charge is 2.15. The van der Waals surface area contributed by atoms with Crippen molar-refractivity contribution < 1.29 is 23.5 Å². The molecule has 7 nitrogen and oxygen atoms in total. The molecule has 0 radical (unpaired) electrons. The normalized spacial score (nSPS) is 11.5. The fourth-order valence-corrected chi connectivity index (χ4v) is 6.46. The summed E-state index contributed by atoms with van der Waals surface area (Å²) >= 11 is 0. The zero-order valence-corrected chi connectivity index (χ0v) is 29.7. The molecular formula is C42H45N4O3P+2. The Bertz CT molecular complexity index is 1930. The average Bonchev–Trinajstić information content (AvgIpc) is 3.16. The Balaban J connectivity index is 1.31. The summed E-state index contributed by atoms with van der Waals surface area (Å²) in [5.41, 5.74) is 9.92. The van der Waals surface area contributed by atoms with Crippen LogP contribution in [0.2, 0.25) is 0 Å². The van der Waals surface area contributed by atoms with Crippen LogP contribution in [-0.4, -0.2) is 25.9 Å². The molecule has 3 heterocycles. The van der Waals surface area contributed by atoms with E-state index < -0.39 is 7.60 Å². The van der Waals surface area contributed by atoms with Crippen LogP contribution in [0, 0.1) is 0 Å². The molecule has 8 heteroatoms. The first-order valence-electron chi connectivity index (χ1n) is 17.5. The molecule has 0 saturated carbocycles. The van der Waals surface area contributed by atoms with E-state index in [0.717, 1.165) is 57.9 Å². The van der Waals surface area contributed by atoms with Crippen LogP contribution in [0.25, 0.3) is 56.2 Å². The Labute approximate surface area is 295 Å². The molecule has 254 valence electrons. The summed E-state index contributed by atoms with van der Waals surface area (Å²) in [6.07, 6.45) is 13.4. The van der Waals surface area contributed by atoms with Crippen molar-refractivity contribution in [3.63, 3.8) is 0 Å². The van der Waals surface area contributed by atoms with Crippen molar-refractivity contribution in [2.45, 2.75) is 59.0 Å². The van der Waals surface area contributed by atoms with Crippen molar-refractivity contribution in [3.8, 4) is 56.2 Å². The number of hydrogen-bond acceptors (Lipinski definition) is 3. The molecule has 0 aliphatic carbocycles. The van der Waals surface area contributed by atoms with Gasteiger partial charge >= 0.3 is 7.60 Å². The van der Waals surface area contributed by atoms with Crippen molar-refractivity contribution in [2.75, 3.05) is 6.16 Å². The molecule has 0 bridgehead atoms. The Morgan fingerprint density at radius 1 is 0.540 bits per heavy atom. The third kappa shape index (κ3) is 9.25. The molecular weight excluding hydrogens is 639 g/mol. The third-order valence-corrected chi connectivity index (χ3v) is 9.79. The summed E-state index contributed by atoms with van der Waals surface area (Å²) in [5, 5.41) is 0. The molecule has 0 saturated heterocycles. The molecule has 0 atom stereocenters. The van der Waals surface area contributed by atoms with Gasteiger partial charge in [0.2, 0.25) is 0 Å². The zero-order chi connectivity index (χ0) is 34.9. The van der Waals surface area contributed by atoms with Crippen molar-refractivity contribution in [1.29, 1.82) is 0 Å². The minimum atomic E-state index is -4.07. The average molecular weight is 685 g/mol. The molecule has 0 aliphatic rings. The fraction of sp³-hybridized carbons (Fsp3) is 0.238. The van der Waals surface area contributed by atoms with Gasteiger partial charge in [0.1, 0.15) is 13.1 Å². The maximum atomic E-state index is 11.4. The molecule has 50 heavy (non-hydrogen) atoms. The first-order valence-corrected chi connectivity index (χ1v) is 19.3. The molecule has 6 aromatic rings. The van der Waals surface area contributed by atoms with Gasteiger partial charge in [-0.25, -0.2) is 19.1 Å². The second kappa shape index (κ2) is 16.3. The van der Waals surface area contributed by atoms with Crippen LogP contribution in [0.4, 0.5) is 0 Å². The number of nitrogens with zero attached hydrogens (tertiary/aromatic N) is 4. The number of aryl methyl sites for hydroxylation is 3. The summed E-state index contributed by atoms with van der Waals surface area (Å²) in [5.74, 6) is 0.589. The maximum Gasteiger partial charge on any atom is 0.325 e. The number of benzene rings is 3. The van der Waals surface area contributed by atoms with E-state index in [1.165, 1.54) is 36.8 Å². The number of unbranched alkanes of at least 4 members (excludes halogenated alkanes) is 2. The van der Waals surface area contributed by atoms with Crippen LogP contribution in [0.1, 0.15) is 45.1 Å². The SMILES string of the molecule is CCCC[n+]1ccc(-c2ccc(-c3cc(-c4ccc(-c5cc[n+](CCCC)cc5)cc4)nc(-c4ccc(CCP(=O)(O)O)cc4)n3)cc2)cc1. The van der Waals surface area contributed by atoms with E-state index in [1.54, 1.807) is 0 Å². The van der Waals surface area contributed by atoms with Crippen LogP contribution in [0.5, 0.6) is 0 Å². The van der Waals surface area contributed by atoms with E-state index in [2.05, 4.69) is 121 Å². The van der Waals surface area contributed by atoms with Crippen LogP contribution in [0.3, 0.4) is 0 Å². The van der Waals surface area contributed by atoms with Gasteiger partial charge in [0.15, 0.2) is 30.6 Å². The molecule has 0 unspecified atom stereocenters. The highest BCUT2D eigenvalue weighted by atomic mass is 31.2. The lowest BCUT2D eigenvalue weighted by Crippen LogP contribution is -2.32. The van der Waals surface area contributed by atoms with E-state index >= 15 is 0 Å². The summed E-state index contributed by atoms with van der Waals surface area (Å²) < 4.78 is 15.9. The molecule has 0 aliphatic heterocycles. The van der Waals surface area contributed by atoms with Gasteiger partial charge in [-0.3, -0.25) is 4.57 Å². The topological polar surface area (TPSA) is 91.1 Å². The molecule has 3 aromatic carbocycles. The second-order valence-corrected chi connectivity index (χ2v) is 14.6. The smallest absolute Gasteiger partial charge is 0.324 e. The van der Waals surface area contributed by atoms with Crippen molar-refractivity contribution in [1.82, 2.24) is 9.97 Å². The molecule has 0 spiro atoms. The lowest BCUT2D eigenvalue weighted by Gasteiger charge is -2.11. The van der Waals surface area contributed by atoms with Crippen molar-refractivity contribution in [2.24, 2.45) is 0 Å². The van der Waals surface area contributed by atoms with Gasteiger partial charge in [-0.2, -0.15) is 0 Å². The highest BCUT2D eigenvalue weighted by molar-refractivity contribution is 7.51. The zero-order valence-electron chi connectivity index (χ0n) is 28.8. The largest absolute Gasteiger partial charge is 0.325 e. The van der Waals surface area contributed by atoms with Gasteiger partial charge in [-0.1, -0.05) is 99.5 Å². The van der Waals surface area contributed by atoms with Crippen LogP contribution in [-0.2, 0) is 24.1 Å². The molecule has 0 amide bonds. The van der Waals surface area contributed by atoms with Crippen molar-refractivity contribution in [3.05, 3.63) is 133 Å². The quantitative estimate of drug-likeness (QED) is 0.0885. The van der Waals surface area contributed by atoms with E-state index in [0.29, 0.717) is 12.2 Å². The van der Waals surface area contributed by atoms with Crippen LogP contribution in [0.15, 0.2) is 128 Å². The second-order valence-electron chi connectivity index (χ2n) is 12.8. The number of aromatic nitrogens is 4. The minimum Gasteiger partial charge on any atom is -0.324 e. The van der Waals surface area contributed by atoms with E-state index in [4.69, 9.17) is 9.97 Å². The van der Waals surface area contributed by atoms with Gasteiger partial charge in [-0.15, -0.1) is 0 Å². The minimum absolute atomic E-state index is 0.182. The van der Waals surface area contributed by atoms with Gasteiger partial charge in [0.05, 0.1) is 17.5 Å². The van der Waals surface area contributed by atoms with Crippen LogP contribution < -0.4 is 9.13 Å². The summed E-state index contributed by atoms with van der Waals surface area (Å²) in [7, 11) is -4.07. The number of hydrogen-bond donors (Lipinski definition) is 2. The number of pyridine rings is 2. The highest BCUT2D eigenvalue weighted by Crippen LogP contribution is 2.35. The summed E-state index contributed by atoms with van der Waals surface area (Å²) in [6.45, 7) is 6.47. The van der Waals surface area contributed by atoms with Gasteiger partial charge in [0.25, 0.3) is 0 Å². The molecule has 2 N–H and O–H groups in total. The Morgan fingerprint density at radius 3 is 1.32 bits per heavy atom. The monoisotopic (exact) mass is 684 g/mol. The predicted octanol–water partition coefficient (Wildman–Crippen LogP) is 8.71.